The van der Waals surface area contributed by atoms with Crippen molar-refractivity contribution in [3.05, 3.63) is 0 Å². The number of piperidine rings is 3. The SMILES string of the molecule is C.CC(C)(C)C1CCCCC1.CCCN1CCC(C(C)(C)C)CC1.CCCN1CCC(C(C)(C)C)CC1.CCCN1CCC(C(C)(C)C)CC1. The predicted molar refractivity (Wildman–Crippen MR) is 229 cm³/mol. The molecule has 3 aliphatic heterocycles. The molecule has 0 amide bonds. The van der Waals surface area contributed by atoms with E-state index in [0.29, 0.717) is 21.7 Å². The van der Waals surface area contributed by atoms with Crippen LogP contribution in [0.2, 0.25) is 0 Å². The van der Waals surface area contributed by atoms with E-state index in [0.717, 1.165) is 23.7 Å². The lowest BCUT2D eigenvalue weighted by Gasteiger charge is -2.38. The number of rotatable bonds is 6. The van der Waals surface area contributed by atoms with E-state index < -0.39 is 0 Å². The fourth-order valence-electron chi connectivity index (χ4n) is 8.99. The van der Waals surface area contributed by atoms with Gasteiger partial charge in [-0.1, -0.05) is 131 Å². The molecule has 3 heteroatoms. The van der Waals surface area contributed by atoms with Gasteiger partial charge in [-0.15, -0.1) is 0 Å². The Kier molecular flexibility index (Phi) is 24.3. The molecule has 0 aromatic heterocycles. The van der Waals surface area contributed by atoms with E-state index in [1.165, 1.54) is 149 Å². The zero-order valence-corrected chi connectivity index (χ0v) is 36.9. The minimum atomic E-state index is 0. The molecule has 0 atom stereocenters. The van der Waals surface area contributed by atoms with Crippen LogP contribution in [-0.4, -0.2) is 73.6 Å². The summed E-state index contributed by atoms with van der Waals surface area (Å²) in [7, 11) is 0. The highest BCUT2D eigenvalue weighted by molar-refractivity contribution is 4.82. The number of nitrogens with zero attached hydrogens (tertiary/aromatic N) is 3. The van der Waals surface area contributed by atoms with Crippen molar-refractivity contribution in [1.29, 1.82) is 0 Å². The molecule has 4 aliphatic rings. The molecule has 1 saturated carbocycles. The zero-order chi connectivity index (χ0) is 37.3. The monoisotopic (exact) mass is 706 g/mol. The van der Waals surface area contributed by atoms with E-state index in [9.17, 15) is 0 Å². The van der Waals surface area contributed by atoms with Crippen molar-refractivity contribution in [1.82, 2.24) is 14.7 Å². The fourth-order valence-corrected chi connectivity index (χ4v) is 8.99. The van der Waals surface area contributed by atoms with Crippen molar-refractivity contribution < 1.29 is 0 Å². The molecular weight excluding hydrogens is 607 g/mol. The summed E-state index contributed by atoms with van der Waals surface area (Å²) in [6.07, 6.45) is 19.7. The summed E-state index contributed by atoms with van der Waals surface area (Å²) >= 11 is 0. The largest absolute Gasteiger partial charge is 0.303 e. The maximum absolute atomic E-state index is 2.61. The lowest BCUT2D eigenvalue weighted by atomic mass is 9.72. The van der Waals surface area contributed by atoms with Crippen LogP contribution in [-0.2, 0) is 0 Å². The Morgan fingerprint density at radius 1 is 0.340 bits per heavy atom. The molecule has 3 saturated heterocycles. The molecule has 4 rings (SSSR count). The van der Waals surface area contributed by atoms with Crippen LogP contribution in [0.5, 0.6) is 0 Å². The molecular formula is C47H99N3. The quantitative estimate of drug-likeness (QED) is 0.272. The molecule has 302 valence electrons. The van der Waals surface area contributed by atoms with Crippen molar-refractivity contribution >= 4 is 0 Å². The van der Waals surface area contributed by atoms with E-state index in [4.69, 9.17) is 0 Å². The van der Waals surface area contributed by atoms with Gasteiger partial charge >= 0.3 is 0 Å². The average Bonchev–Trinajstić information content (AvgIpc) is 3.02. The third-order valence-electron chi connectivity index (χ3n) is 12.9. The van der Waals surface area contributed by atoms with Gasteiger partial charge in [-0.3, -0.25) is 0 Å². The normalized spacial score (nSPS) is 21.9. The van der Waals surface area contributed by atoms with E-state index in [2.05, 4.69) is 119 Å². The van der Waals surface area contributed by atoms with Crippen LogP contribution in [0.3, 0.4) is 0 Å². The maximum atomic E-state index is 2.61. The van der Waals surface area contributed by atoms with Crippen LogP contribution in [0.1, 0.15) is 201 Å². The number of hydrogen-bond donors (Lipinski definition) is 0. The average molecular weight is 706 g/mol. The van der Waals surface area contributed by atoms with Crippen LogP contribution in [0.25, 0.3) is 0 Å². The Morgan fingerprint density at radius 3 is 0.700 bits per heavy atom. The summed E-state index contributed by atoms with van der Waals surface area (Å²) in [4.78, 5) is 7.84. The Hall–Kier alpha value is -0.120. The van der Waals surface area contributed by atoms with Crippen molar-refractivity contribution in [2.45, 2.75) is 201 Å². The van der Waals surface area contributed by atoms with Crippen molar-refractivity contribution in [2.75, 3.05) is 58.9 Å². The van der Waals surface area contributed by atoms with Gasteiger partial charge in [0.15, 0.2) is 0 Å². The lowest BCUT2D eigenvalue weighted by molar-refractivity contribution is 0.112. The number of hydrogen-bond acceptors (Lipinski definition) is 3. The minimum absolute atomic E-state index is 0. The van der Waals surface area contributed by atoms with Crippen LogP contribution in [0, 0.1) is 45.3 Å². The molecule has 50 heavy (non-hydrogen) atoms. The number of likely N-dealkylation sites (tertiary alicyclic amines) is 3. The van der Waals surface area contributed by atoms with Gasteiger partial charge in [0, 0.05) is 0 Å². The first-order valence-corrected chi connectivity index (χ1v) is 21.9. The van der Waals surface area contributed by atoms with E-state index >= 15 is 0 Å². The highest BCUT2D eigenvalue weighted by atomic mass is 15.1. The van der Waals surface area contributed by atoms with E-state index in [-0.39, 0.29) is 7.43 Å². The second-order valence-corrected chi connectivity index (χ2v) is 21.1. The summed E-state index contributed by atoms with van der Waals surface area (Å²) < 4.78 is 0. The maximum Gasteiger partial charge on any atom is -0.00159 e. The standard InChI is InChI=1S/3C12H25N.C10H20.CH4/c3*1-5-8-13-9-6-11(7-10-13)12(2,3)4;1-10(2,3)9-7-5-4-6-8-9;/h3*11H,5-10H2,1-4H3;9H,4-8H2,1-3H3;1H4. The molecule has 3 heterocycles. The van der Waals surface area contributed by atoms with Gasteiger partial charge in [-0.25, -0.2) is 0 Å². The Labute approximate surface area is 319 Å². The third kappa shape index (κ3) is 20.9. The lowest BCUT2D eigenvalue weighted by Crippen LogP contribution is -2.38. The van der Waals surface area contributed by atoms with Crippen molar-refractivity contribution in [2.24, 2.45) is 45.3 Å². The Bertz CT molecular complexity index is 691. The van der Waals surface area contributed by atoms with Crippen LogP contribution >= 0.6 is 0 Å². The van der Waals surface area contributed by atoms with Gasteiger partial charge in [0.05, 0.1) is 0 Å². The Morgan fingerprint density at radius 2 is 0.540 bits per heavy atom. The van der Waals surface area contributed by atoms with Crippen LogP contribution < -0.4 is 0 Å². The molecule has 0 spiro atoms. The molecule has 1 aliphatic carbocycles. The van der Waals surface area contributed by atoms with Gasteiger partial charge in [-0.2, -0.15) is 0 Å². The molecule has 4 fully saturated rings. The van der Waals surface area contributed by atoms with Gasteiger partial charge in [0.25, 0.3) is 0 Å². The second kappa shape index (κ2) is 24.3. The first-order chi connectivity index (χ1) is 22.7. The summed E-state index contributed by atoms with van der Waals surface area (Å²) in [6.45, 7) is 47.3. The Balaban J connectivity index is 0.000000639. The summed E-state index contributed by atoms with van der Waals surface area (Å²) in [5, 5.41) is 0. The third-order valence-corrected chi connectivity index (χ3v) is 12.9. The minimum Gasteiger partial charge on any atom is -0.303 e. The molecule has 0 bridgehead atoms. The molecule has 3 nitrogen and oxygen atoms in total. The van der Waals surface area contributed by atoms with Gasteiger partial charge in [0.1, 0.15) is 0 Å². The second-order valence-electron chi connectivity index (χ2n) is 21.1. The van der Waals surface area contributed by atoms with Crippen molar-refractivity contribution in [3.63, 3.8) is 0 Å². The molecule has 0 N–H and O–H groups in total. The molecule has 0 unspecified atom stereocenters. The molecule has 0 radical (unpaired) electrons. The van der Waals surface area contributed by atoms with E-state index in [1.807, 2.05) is 0 Å². The summed E-state index contributed by atoms with van der Waals surface area (Å²) in [6, 6.07) is 0. The first-order valence-electron chi connectivity index (χ1n) is 21.9. The first kappa shape index (κ1) is 49.9. The highest BCUT2D eigenvalue weighted by Gasteiger charge is 2.30. The predicted octanol–water partition coefficient (Wildman–Crippen LogP) is 13.7. The van der Waals surface area contributed by atoms with Crippen LogP contribution in [0.4, 0.5) is 0 Å². The van der Waals surface area contributed by atoms with E-state index in [1.54, 1.807) is 0 Å². The zero-order valence-electron chi connectivity index (χ0n) is 36.9. The molecule has 0 aromatic carbocycles. The van der Waals surface area contributed by atoms with Gasteiger partial charge in [0.2, 0.25) is 0 Å². The van der Waals surface area contributed by atoms with Gasteiger partial charge < -0.3 is 14.7 Å². The van der Waals surface area contributed by atoms with Gasteiger partial charge in [-0.05, 0) is 175 Å². The topological polar surface area (TPSA) is 9.72 Å². The fraction of sp³-hybridized carbons (Fsp3) is 1.00. The van der Waals surface area contributed by atoms with Crippen LogP contribution in [0.15, 0.2) is 0 Å². The summed E-state index contributed by atoms with van der Waals surface area (Å²) in [5.74, 6) is 3.84. The summed E-state index contributed by atoms with van der Waals surface area (Å²) in [5.41, 5.74) is 2.15. The van der Waals surface area contributed by atoms with Crippen molar-refractivity contribution in [3.8, 4) is 0 Å². The smallest absolute Gasteiger partial charge is 0.00159 e. The highest BCUT2D eigenvalue weighted by Crippen LogP contribution is 2.38. The molecule has 0 aromatic rings.